The van der Waals surface area contributed by atoms with Gasteiger partial charge in [-0.2, -0.15) is 0 Å². The van der Waals surface area contributed by atoms with Gasteiger partial charge in [0.25, 0.3) is 5.91 Å². The molecular formula is C24H28Cl2N6O3Si. The molecule has 0 N–H and O–H groups in total. The average Bonchev–Trinajstić information content (AvgIpc) is 3.41. The molecule has 3 aromatic heterocycles. The van der Waals surface area contributed by atoms with Crippen LogP contribution in [-0.2, 0) is 4.43 Å². The van der Waals surface area contributed by atoms with E-state index in [4.69, 9.17) is 32.0 Å². The van der Waals surface area contributed by atoms with Crippen LogP contribution in [-0.4, -0.2) is 52.1 Å². The normalized spacial score (nSPS) is 12.3. The van der Waals surface area contributed by atoms with E-state index in [1.165, 1.54) is 6.33 Å². The Morgan fingerprint density at radius 3 is 2.44 bits per heavy atom. The van der Waals surface area contributed by atoms with Crippen LogP contribution in [0.1, 0.15) is 37.0 Å². The number of hydrogen-bond acceptors (Lipinski definition) is 7. The first-order chi connectivity index (χ1) is 16.9. The summed E-state index contributed by atoms with van der Waals surface area (Å²) in [5.74, 6) is 0.0663. The Morgan fingerprint density at radius 2 is 1.83 bits per heavy atom. The molecule has 1 amide bonds. The van der Waals surface area contributed by atoms with Crippen molar-refractivity contribution in [2.24, 2.45) is 0 Å². The van der Waals surface area contributed by atoms with E-state index >= 15 is 0 Å². The van der Waals surface area contributed by atoms with Crippen LogP contribution < -0.4 is 4.90 Å². The fraction of sp³-hybridized carbons (Fsp3) is 0.375. The van der Waals surface area contributed by atoms with Crippen molar-refractivity contribution in [3.8, 4) is 6.01 Å². The number of aryl methyl sites for hydroxylation is 1. The second kappa shape index (κ2) is 9.93. The van der Waals surface area contributed by atoms with Gasteiger partial charge in [0.2, 0.25) is 5.89 Å². The van der Waals surface area contributed by atoms with Crippen LogP contribution in [0.15, 0.2) is 41.2 Å². The molecule has 190 valence electrons. The Bertz CT molecular complexity index is 1390. The van der Waals surface area contributed by atoms with Gasteiger partial charge >= 0.3 is 6.01 Å². The zero-order valence-electron chi connectivity index (χ0n) is 21.0. The van der Waals surface area contributed by atoms with Crippen LogP contribution in [0, 0.1) is 6.92 Å². The molecule has 0 radical (unpaired) electrons. The third-order valence-electron chi connectivity index (χ3n) is 6.50. The highest BCUT2D eigenvalue weighted by Crippen LogP contribution is 2.36. The lowest BCUT2D eigenvalue weighted by molar-refractivity contribution is 0.0981. The summed E-state index contributed by atoms with van der Waals surface area (Å²) in [6, 6.07) is 7.93. The Morgan fingerprint density at radius 1 is 1.14 bits per heavy atom. The maximum Gasteiger partial charge on any atom is 0.327 e. The second-order valence-corrected chi connectivity index (χ2v) is 15.5. The first kappa shape index (κ1) is 26.3. The summed E-state index contributed by atoms with van der Waals surface area (Å²) >= 11 is 12.5. The molecule has 0 aliphatic rings. The fourth-order valence-electron chi connectivity index (χ4n) is 3.46. The maximum absolute atomic E-state index is 13.7. The van der Waals surface area contributed by atoms with Crippen LogP contribution in [0.2, 0.25) is 28.4 Å². The number of anilines is 1. The molecule has 12 heteroatoms. The molecule has 0 aliphatic carbocycles. The number of halogens is 2. The number of fused-ring (bicyclic) bond motifs is 1. The second-order valence-electron chi connectivity index (χ2n) is 9.93. The van der Waals surface area contributed by atoms with E-state index in [0.29, 0.717) is 30.7 Å². The molecule has 0 bridgehead atoms. The van der Waals surface area contributed by atoms with Crippen molar-refractivity contribution in [1.29, 1.82) is 0 Å². The number of carbonyl (C=O) groups is 1. The summed E-state index contributed by atoms with van der Waals surface area (Å²) in [5, 5.41) is 8.90. The molecule has 0 saturated heterocycles. The van der Waals surface area contributed by atoms with Crippen molar-refractivity contribution >= 4 is 54.0 Å². The number of rotatable bonds is 7. The molecule has 4 rings (SSSR count). The molecule has 9 nitrogen and oxygen atoms in total. The zero-order valence-corrected chi connectivity index (χ0v) is 23.6. The standard InChI is InChI=1S/C24H28Cl2N6O3Si/c1-15-29-30-23(35-15)32-10-9-16-13-17(7-8-18(16)32)31(11-12-34-36(5,6)24(2,3)4)22(33)19-20(25)27-14-28-21(19)26/h7-10,13-14H,11-12H2,1-6H3. The first-order valence-electron chi connectivity index (χ1n) is 11.4. The van der Waals surface area contributed by atoms with E-state index in [-0.39, 0.29) is 20.9 Å². The summed E-state index contributed by atoms with van der Waals surface area (Å²) in [7, 11) is -2.03. The molecule has 0 unspecified atom stereocenters. The minimum absolute atomic E-state index is 0.00527. The number of nitrogens with zero attached hydrogens (tertiary/aromatic N) is 6. The monoisotopic (exact) mass is 546 g/mol. The van der Waals surface area contributed by atoms with Gasteiger partial charge in [-0.15, -0.1) is 5.10 Å². The predicted molar refractivity (Wildman–Crippen MR) is 143 cm³/mol. The van der Waals surface area contributed by atoms with Crippen LogP contribution in [0.3, 0.4) is 0 Å². The van der Waals surface area contributed by atoms with E-state index in [1.54, 1.807) is 16.4 Å². The number of benzene rings is 1. The highest BCUT2D eigenvalue weighted by molar-refractivity contribution is 6.74. The van der Waals surface area contributed by atoms with E-state index in [0.717, 1.165) is 10.9 Å². The highest BCUT2D eigenvalue weighted by Gasteiger charge is 2.37. The van der Waals surface area contributed by atoms with E-state index in [9.17, 15) is 4.79 Å². The first-order valence-corrected chi connectivity index (χ1v) is 15.1. The third kappa shape index (κ3) is 5.17. The van der Waals surface area contributed by atoms with Gasteiger partial charge in [0.05, 0.1) is 12.1 Å². The average molecular weight is 548 g/mol. The van der Waals surface area contributed by atoms with Crippen LogP contribution in [0.25, 0.3) is 16.9 Å². The molecule has 4 aromatic rings. The Kier molecular flexibility index (Phi) is 7.25. The number of carbonyl (C=O) groups excluding carboxylic acids is 1. The highest BCUT2D eigenvalue weighted by atomic mass is 35.5. The molecule has 0 spiro atoms. The van der Waals surface area contributed by atoms with Crippen molar-refractivity contribution in [3.05, 3.63) is 58.6 Å². The van der Waals surface area contributed by atoms with Crippen molar-refractivity contribution < 1.29 is 13.6 Å². The Hall–Kier alpha value is -2.79. The molecular weight excluding hydrogens is 519 g/mol. The van der Waals surface area contributed by atoms with Gasteiger partial charge in [0.15, 0.2) is 8.32 Å². The summed E-state index contributed by atoms with van der Waals surface area (Å²) < 4.78 is 13.7. The van der Waals surface area contributed by atoms with Gasteiger partial charge in [-0.1, -0.05) is 49.1 Å². The van der Waals surface area contributed by atoms with Gasteiger partial charge < -0.3 is 13.7 Å². The molecule has 36 heavy (non-hydrogen) atoms. The molecule has 0 atom stereocenters. The summed E-state index contributed by atoms with van der Waals surface area (Å²) in [6.45, 7) is 13.2. The summed E-state index contributed by atoms with van der Waals surface area (Å²) in [4.78, 5) is 23.2. The topological polar surface area (TPSA) is 99.2 Å². The van der Waals surface area contributed by atoms with E-state index < -0.39 is 14.2 Å². The largest absolute Gasteiger partial charge is 0.415 e. The molecule has 0 aliphatic heterocycles. The van der Waals surface area contributed by atoms with Crippen molar-refractivity contribution in [2.45, 2.75) is 45.8 Å². The van der Waals surface area contributed by atoms with Crippen molar-refractivity contribution in [3.63, 3.8) is 0 Å². The lowest BCUT2D eigenvalue weighted by Gasteiger charge is -2.37. The maximum atomic E-state index is 13.7. The van der Waals surface area contributed by atoms with Gasteiger partial charge in [-0.3, -0.25) is 9.36 Å². The van der Waals surface area contributed by atoms with E-state index in [2.05, 4.69) is 54.0 Å². The van der Waals surface area contributed by atoms with Gasteiger partial charge in [0, 0.05) is 30.7 Å². The molecule has 0 fully saturated rings. The SMILES string of the molecule is Cc1nnc(-n2ccc3cc(N(CCO[Si](C)(C)C(C)(C)C)C(=O)c4c(Cl)ncnc4Cl)ccc32)o1. The molecule has 1 aromatic carbocycles. The van der Waals surface area contributed by atoms with Gasteiger partial charge in [-0.25, -0.2) is 9.97 Å². The number of aromatic nitrogens is 5. The Balaban J connectivity index is 1.70. The smallest absolute Gasteiger partial charge is 0.327 e. The summed E-state index contributed by atoms with van der Waals surface area (Å²) in [5.41, 5.74) is 1.56. The molecule has 3 heterocycles. The van der Waals surface area contributed by atoms with Crippen molar-refractivity contribution in [2.75, 3.05) is 18.1 Å². The van der Waals surface area contributed by atoms with Gasteiger partial charge in [0.1, 0.15) is 22.2 Å². The van der Waals surface area contributed by atoms with Crippen LogP contribution in [0.4, 0.5) is 5.69 Å². The quantitative estimate of drug-likeness (QED) is 0.204. The minimum Gasteiger partial charge on any atom is -0.415 e. The summed E-state index contributed by atoms with van der Waals surface area (Å²) in [6.07, 6.45) is 3.06. The predicted octanol–water partition coefficient (Wildman–Crippen LogP) is 6.09. The van der Waals surface area contributed by atoms with Crippen molar-refractivity contribution in [1.82, 2.24) is 24.7 Å². The van der Waals surface area contributed by atoms with E-state index in [1.807, 2.05) is 30.5 Å². The molecule has 0 saturated carbocycles. The van der Waals surface area contributed by atoms with Crippen LogP contribution in [0.5, 0.6) is 0 Å². The van der Waals surface area contributed by atoms with Gasteiger partial charge in [-0.05, 0) is 42.4 Å². The third-order valence-corrected chi connectivity index (χ3v) is 11.6. The zero-order chi connectivity index (χ0) is 26.3. The Labute approximate surface area is 220 Å². The van der Waals surface area contributed by atoms with Crippen LogP contribution >= 0.6 is 23.2 Å². The lowest BCUT2D eigenvalue weighted by Crippen LogP contribution is -2.43. The minimum atomic E-state index is -2.03. The number of hydrogen-bond donors (Lipinski definition) is 0. The fourth-order valence-corrected chi connectivity index (χ4v) is 4.97. The lowest BCUT2D eigenvalue weighted by atomic mass is 10.2. The number of amides is 1.